The van der Waals surface area contributed by atoms with Crippen LogP contribution in [0.4, 0.5) is 11.4 Å². The fraction of sp³-hybridized carbons (Fsp3) is 0.538. The average Bonchev–Trinajstić information content (AvgIpc) is 2.31. The molecule has 0 saturated heterocycles. The van der Waals surface area contributed by atoms with Crippen molar-refractivity contribution < 1.29 is 13.0 Å². The molecule has 0 aromatic heterocycles. The summed E-state index contributed by atoms with van der Waals surface area (Å²) in [6.45, 7) is 2.10. The summed E-state index contributed by atoms with van der Waals surface area (Å²) < 4.78 is 30.2. The molecule has 0 bridgehead atoms. The zero-order valence-electron chi connectivity index (χ0n) is 11.2. The number of nitrogen functional groups attached to an aromatic ring is 2. The molecule has 1 rings (SSSR count). The third-order valence-electron chi connectivity index (χ3n) is 3.11. The molecule has 19 heavy (non-hydrogen) atoms. The van der Waals surface area contributed by atoms with Gasteiger partial charge < -0.3 is 11.5 Å². The van der Waals surface area contributed by atoms with Crippen LogP contribution >= 0.6 is 0 Å². The van der Waals surface area contributed by atoms with Gasteiger partial charge in [0.15, 0.2) is 0 Å². The lowest BCUT2D eigenvalue weighted by atomic mass is 9.95. The number of hydrogen-bond donors (Lipinski definition) is 3. The van der Waals surface area contributed by atoms with Crippen LogP contribution in [0.25, 0.3) is 0 Å². The summed E-state index contributed by atoms with van der Waals surface area (Å²) in [6, 6.07) is 3.53. The van der Waals surface area contributed by atoms with Gasteiger partial charge in [-0.25, -0.2) is 0 Å². The molecule has 0 radical (unpaired) electrons. The second kappa shape index (κ2) is 6.77. The third kappa shape index (κ3) is 5.08. The van der Waals surface area contributed by atoms with Crippen LogP contribution in [0.15, 0.2) is 12.1 Å². The summed E-state index contributed by atoms with van der Waals surface area (Å²) in [6.07, 6.45) is 3.76. The Morgan fingerprint density at radius 1 is 1.05 bits per heavy atom. The number of anilines is 2. The van der Waals surface area contributed by atoms with Crippen molar-refractivity contribution in [2.45, 2.75) is 39.0 Å². The molecule has 0 fully saturated rings. The Hall–Kier alpha value is -1.27. The van der Waals surface area contributed by atoms with Crippen molar-refractivity contribution in [3.05, 3.63) is 23.3 Å². The van der Waals surface area contributed by atoms with Crippen LogP contribution in [0.1, 0.15) is 37.3 Å². The van der Waals surface area contributed by atoms with E-state index < -0.39 is 10.1 Å². The van der Waals surface area contributed by atoms with E-state index in [1.54, 1.807) is 12.1 Å². The van der Waals surface area contributed by atoms with Crippen LogP contribution in [0.3, 0.4) is 0 Å². The number of unbranched alkanes of at least 4 members (excludes halogenated alkanes) is 1. The number of hydrogen-bond acceptors (Lipinski definition) is 4. The summed E-state index contributed by atoms with van der Waals surface area (Å²) in [5.41, 5.74) is 15.2. The highest BCUT2D eigenvalue weighted by Gasteiger charge is 2.12. The molecule has 0 aliphatic carbocycles. The van der Waals surface area contributed by atoms with Crippen molar-refractivity contribution in [1.82, 2.24) is 0 Å². The molecule has 1 aromatic carbocycles. The Morgan fingerprint density at radius 2 is 1.53 bits per heavy atom. The normalized spacial score (nSPS) is 11.7. The number of benzene rings is 1. The van der Waals surface area contributed by atoms with E-state index in [4.69, 9.17) is 16.0 Å². The lowest BCUT2D eigenvalue weighted by Gasteiger charge is -2.14. The van der Waals surface area contributed by atoms with Gasteiger partial charge in [-0.05, 0) is 48.9 Å². The van der Waals surface area contributed by atoms with Crippen LogP contribution in [0.5, 0.6) is 0 Å². The maximum Gasteiger partial charge on any atom is 0.264 e. The standard InChI is InChI=1S/C13H22N2O3S/c1-2-3-5-10-11(6-4-9-19(16,17)18)13(15)8-7-12(10)14/h7-8H,2-6,9,14-15H2,1H3,(H,16,17,18). The van der Waals surface area contributed by atoms with Gasteiger partial charge in [-0.2, -0.15) is 8.42 Å². The minimum Gasteiger partial charge on any atom is -0.398 e. The highest BCUT2D eigenvalue weighted by molar-refractivity contribution is 7.85. The van der Waals surface area contributed by atoms with Gasteiger partial charge in [0.25, 0.3) is 10.1 Å². The van der Waals surface area contributed by atoms with E-state index in [1.165, 1.54) is 0 Å². The number of rotatable bonds is 7. The fourth-order valence-corrected chi connectivity index (χ4v) is 2.61. The fourth-order valence-electron chi connectivity index (χ4n) is 2.10. The van der Waals surface area contributed by atoms with Gasteiger partial charge in [0.05, 0.1) is 5.75 Å². The molecule has 0 saturated carbocycles. The maximum absolute atomic E-state index is 10.7. The number of nitrogens with two attached hydrogens (primary N) is 2. The van der Waals surface area contributed by atoms with Gasteiger partial charge >= 0.3 is 0 Å². The molecule has 0 atom stereocenters. The lowest BCUT2D eigenvalue weighted by Crippen LogP contribution is -2.09. The highest BCUT2D eigenvalue weighted by atomic mass is 32.2. The van der Waals surface area contributed by atoms with Crippen molar-refractivity contribution in [3.63, 3.8) is 0 Å². The van der Waals surface area contributed by atoms with Crippen LogP contribution in [0, 0.1) is 0 Å². The van der Waals surface area contributed by atoms with E-state index in [0.717, 1.165) is 30.4 Å². The van der Waals surface area contributed by atoms with Crippen LogP contribution in [-0.4, -0.2) is 18.7 Å². The van der Waals surface area contributed by atoms with Crippen molar-refractivity contribution in [2.24, 2.45) is 0 Å². The molecule has 0 spiro atoms. The van der Waals surface area contributed by atoms with Crippen LogP contribution in [-0.2, 0) is 23.0 Å². The predicted octanol–water partition coefficient (Wildman–Crippen LogP) is 2.01. The predicted molar refractivity (Wildman–Crippen MR) is 78.6 cm³/mol. The second-order valence-corrected chi connectivity index (χ2v) is 6.27. The second-order valence-electron chi connectivity index (χ2n) is 4.69. The van der Waals surface area contributed by atoms with Gasteiger partial charge in [0, 0.05) is 11.4 Å². The SMILES string of the molecule is CCCCc1c(N)ccc(N)c1CCCS(=O)(=O)O. The average molecular weight is 286 g/mol. The Balaban J connectivity index is 2.87. The quantitative estimate of drug-likeness (QED) is 0.525. The van der Waals surface area contributed by atoms with E-state index >= 15 is 0 Å². The molecule has 108 valence electrons. The first-order valence-electron chi connectivity index (χ1n) is 6.46. The molecule has 0 heterocycles. The van der Waals surface area contributed by atoms with Gasteiger partial charge in [-0.15, -0.1) is 0 Å². The van der Waals surface area contributed by atoms with E-state index in [2.05, 4.69) is 6.92 Å². The van der Waals surface area contributed by atoms with Gasteiger partial charge in [0.2, 0.25) is 0 Å². The van der Waals surface area contributed by atoms with Gasteiger partial charge in [-0.1, -0.05) is 13.3 Å². The molecule has 5 nitrogen and oxygen atoms in total. The molecular formula is C13H22N2O3S. The summed E-state index contributed by atoms with van der Waals surface area (Å²) in [5, 5.41) is 0. The Bertz CT molecular complexity index is 527. The smallest absolute Gasteiger partial charge is 0.264 e. The third-order valence-corrected chi connectivity index (χ3v) is 3.92. The summed E-state index contributed by atoms with van der Waals surface area (Å²) in [4.78, 5) is 0. The van der Waals surface area contributed by atoms with Crippen LogP contribution < -0.4 is 11.5 Å². The minimum atomic E-state index is -3.92. The molecule has 1 aromatic rings. The first-order chi connectivity index (χ1) is 8.85. The van der Waals surface area contributed by atoms with Crippen molar-refractivity contribution in [1.29, 1.82) is 0 Å². The largest absolute Gasteiger partial charge is 0.398 e. The Kier molecular flexibility index (Phi) is 5.62. The van der Waals surface area contributed by atoms with Gasteiger partial charge in [-0.3, -0.25) is 4.55 Å². The monoisotopic (exact) mass is 286 g/mol. The molecule has 6 heteroatoms. The maximum atomic E-state index is 10.7. The first kappa shape index (κ1) is 15.8. The Labute approximate surface area is 114 Å². The zero-order valence-corrected chi connectivity index (χ0v) is 12.0. The van der Waals surface area contributed by atoms with Crippen molar-refractivity contribution >= 4 is 21.5 Å². The lowest BCUT2D eigenvalue weighted by molar-refractivity contribution is 0.481. The van der Waals surface area contributed by atoms with Gasteiger partial charge in [0.1, 0.15) is 0 Å². The van der Waals surface area contributed by atoms with Crippen molar-refractivity contribution in [2.75, 3.05) is 17.2 Å². The van der Waals surface area contributed by atoms with Crippen molar-refractivity contribution in [3.8, 4) is 0 Å². The van der Waals surface area contributed by atoms with E-state index in [-0.39, 0.29) is 5.75 Å². The summed E-state index contributed by atoms with van der Waals surface area (Å²) >= 11 is 0. The van der Waals surface area contributed by atoms with E-state index in [9.17, 15) is 8.42 Å². The molecule has 0 unspecified atom stereocenters. The topological polar surface area (TPSA) is 106 Å². The molecule has 0 amide bonds. The molecular weight excluding hydrogens is 264 g/mol. The summed E-state index contributed by atoms with van der Waals surface area (Å²) in [7, 11) is -3.92. The summed E-state index contributed by atoms with van der Waals surface area (Å²) in [5.74, 6) is -0.255. The molecule has 5 N–H and O–H groups in total. The first-order valence-corrected chi connectivity index (χ1v) is 8.07. The zero-order chi connectivity index (χ0) is 14.5. The minimum absolute atomic E-state index is 0.255. The molecule has 0 aliphatic heterocycles. The Morgan fingerprint density at radius 3 is 1.95 bits per heavy atom. The van der Waals surface area contributed by atoms with E-state index in [1.807, 2.05) is 0 Å². The van der Waals surface area contributed by atoms with E-state index in [0.29, 0.717) is 24.2 Å². The highest BCUT2D eigenvalue weighted by Crippen LogP contribution is 2.26. The van der Waals surface area contributed by atoms with Crippen LogP contribution in [0.2, 0.25) is 0 Å². The molecule has 0 aliphatic rings.